The second-order valence-electron chi connectivity index (χ2n) is 4.02. The maximum Gasteiger partial charge on any atom is 0.164 e. The van der Waals surface area contributed by atoms with Crippen LogP contribution in [0.25, 0.3) is 0 Å². The van der Waals surface area contributed by atoms with E-state index in [0.29, 0.717) is 18.9 Å². The Morgan fingerprint density at radius 1 is 1.67 bits per heavy atom. The summed E-state index contributed by atoms with van der Waals surface area (Å²) in [6, 6.07) is 1.96. The van der Waals surface area contributed by atoms with Crippen molar-refractivity contribution in [3.8, 4) is 6.07 Å². The van der Waals surface area contributed by atoms with Crippen molar-refractivity contribution < 1.29 is 5.11 Å². The highest BCUT2D eigenvalue weighted by Gasteiger charge is 2.35. The largest absolute Gasteiger partial charge is 0.374 e. The number of likely N-dealkylation sites (tertiary alicyclic amines) is 1. The van der Waals surface area contributed by atoms with Gasteiger partial charge < -0.3 is 5.11 Å². The highest BCUT2D eigenvalue weighted by atomic mass is 16.3. The van der Waals surface area contributed by atoms with Gasteiger partial charge >= 0.3 is 0 Å². The molecule has 1 atom stereocenters. The molecule has 1 fully saturated rings. The average molecular weight is 168 g/mol. The number of β-amino-alcohol motifs (C(OH)–C–C–N with tert-alkyl or cyclic N) is 1. The zero-order valence-electron chi connectivity index (χ0n) is 7.75. The van der Waals surface area contributed by atoms with Crippen molar-refractivity contribution in [2.45, 2.75) is 25.9 Å². The Hall–Kier alpha value is -0.590. The fraction of sp³-hybridized carbons (Fsp3) is 0.889. The van der Waals surface area contributed by atoms with Gasteiger partial charge in [0, 0.05) is 26.1 Å². The van der Waals surface area contributed by atoms with E-state index in [2.05, 4.69) is 18.7 Å². The molecule has 1 saturated heterocycles. The lowest BCUT2D eigenvalue weighted by Crippen LogP contribution is -2.33. The molecule has 1 unspecified atom stereocenters. The van der Waals surface area contributed by atoms with Gasteiger partial charge in [-0.05, 0) is 5.92 Å². The lowest BCUT2D eigenvalue weighted by molar-refractivity contribution is 0.104. The van der Waals surface area contributed by atoms with Gasteiger partial charge in [-0.25, -0.2) is 0 Å². The summed E-state index contributed by atoms with van der Waals surface area (Å²) in [7, 11) is 0. The normalized spacial score (nSPS) is 30.9. The highest BCUT2D eigenvalue weighted by molar-refractivity contribution is 5.06. The Bertz CT molecular complexity index is 197. The van der Waals surface area contributed by atoms with E-state index in [1.165, 1.54) is 0 Å². The molecule has 0 aliphatic carbocycles. The van der Waals surface area contributed by atoms with Crippen LogP contribution >= 0.6 is 0 Å². The van der Waals surface area contributed by atoms with Crippen LogP contribution in [0.1, 0.15) is 20.3 Å². The Morgan fingerprint density at radius 3 is 2.75 bits per heavy atom. The summed E-state index contributed by atoms with van der Waals surface area (Å²) in [6.45, 7) is 6.63. The molecule has 0 spiro atoms. The molecule has 0 aromatic carbocycles. The molecule has 0 aromatic heterocycles. The lowest BCUT2D eigenvalue weighted by atomic mass is 10.1. The van der Waals surface area contributed by atoms with Gasteiger partial charge in [-0.1, -0.05) is 13.8 Å². The molecule has 3 nitrogen and oxygen atoms in total. The van der Waals surface area contributed by atoms with E-state index < -0.39 is 5.60 Å². The molecule has 1 aliphatic rings. The average Bonchev–Trinajstić information content (AvgIpc) is 2.32. The van der Waals surface area contributed by atoms with Crippen molar-refractivity contribution >= 4 is 0 Å². The molecule has 3 heteroatoms. The van der Waals surface area contributed by atoms with Gasteiger partial charge in [0.15, 0.2) is 5.60 Å². The topological polar surface area (TPSA) is 47.3 Å². The minimum Gasteiger partial charge on any atom is -0.374 e. The summed E-state index contributed by atoms with van der Waals surface area (Å²) in [6.07, 6.45) is 0.593. The van der Waals surface area contributed by atoms with Crippen LogP contribution in [-0.2, 0) is 0 Å². The molecule has 1 aliphatic heterocycles. The fourth-order valence-electron chi connectivity index (χ4n) is 1.63. The van der Waals surface area contributed by atoms with Crippen LogP contribution in [-0.4, -0.2) is 35.2 Å². The van der Waals surface area contributed by atoms with E-state index >= 15 is 0 Å². The van der Waals surface area contributed by atoms with E-state index in [-0.39, 0.29) is 0 Å². The van der Waals surface area contributed by atoms with E-state index in [9.17, 15) is 5.11 Å². The molecule has 1 rings (SSSR count). The van der Waals surface area contributed by atoms with Crippen LogP contribution in [0.5, 0.6) is 0 Å². The first-order valence-corrected chi connectivity index (χ1v) is 4.42. The molecule has 1 heterocycles. The molecule has 0 bridgehead atoms. The molecule has 0 radical (unpaired) electrons. The third-order valence-corrected chi connectivity index (χ3v) is 2.16. The van der Waals surface area contributed by atoms with E-state index in [0.717, 1.165) is 13.1 Å². The van der Waals surface area contributed by atoms with Gasteiger partial charge in [-0.3, -0.25) is 4.90 Å². The van der Waals surface area contributed by atoms with Gasteiger partial charge in [0.2, 0.25) is 0 Å². The fourth-order valence-corrected chi connectivity index (χ4v) is 1.63. The van der Waals surface area contributed by atoms with Crippen molar-refractivity contribution in [2.24, 2.45) is 5.92 Å². The minimum absolute atomic E-state index is 0.516. The van der Waals surface area contributed by atoms with E-state index in [1.807, 2.05) is 6.07 Å². The monoisotopic (exact) mass is 168 g/mol. The minimum atomic E-state index is -1.07. The molecular weight excluding hydrogens is 152 g/mol. The van der Waals surface area contributed by atoms with E-state index in [1.54, 1.807) is 0 Å². The number of aliphatic hydroxyl groups is 1. The second-order valence-corrected chi connectivity index (χ2v) is 4.02. The SMILES string of the molecule is CC(C)CN1CCC(O)(C#N)C1. The first-order valence-electron chi connectivity index (χ1n) is 4.42. The number of hydrogen-bond acceptors (Lipinski definition) is 3. The maximum atomic E-state index is 9.58. The first kappa shape index (κ1) is 9.50. The van der Waals surface area contributed by atoms with Crippen LogP contribution in [0.3, 0.4) is 0 Å². The molecule has 0 amide bonds. The van der Waals surface area contributed by atoms with Gasteiger partial charge in [-0.15, -0.1) is 0 Å². The summed E-state index contributed by atoms with van der Waals surface area (Å²) in [5.41, 5.74) is -1.07. The Morgan fingerprint density at radius 2 is 2.33 bits per heavy atom. The van der Waals surface area contributed by atoms with Gasteiger partial charge in [-0.2, -0.15) is 5.26 Å². The van der Waals surface area contributed by atoms with Crippen LogP contribution in [0.15, 0.2) is 0 Å². The summed E-state index contributed by atoms with van der Waals surface area (Å²) in [5, 5.41) is 18.2. The first-order chi connectivity index (χ1) is 5.56. The zero-order chi connectivity index (χ0) is 9.19. The summed E-state index contributed by atoms with van der Waals surface area (Å²) in [4.78, 5) is 2.15. The number of nitriles is 1. The molecular formula is C9H16N2O. The van der Waals surface area contributed by atoms with Gasteiger partial charge in [0.1, 0.15) is 0 Å². The predicted octanol–water partition coefficient (Wildman–Crippen LogP) is 0.603. The third-order valence-electron chi connectivity index (χ3n) is 2.16. The number of rotatable bonds is 2. The van der Waals surface area contributed by atoms with Crippen LogP contribution in [0, 0.1) is 17.2 Å². The number of hydrogen-bond donors (Lipinski definition) is 1. The summed E-state index contributed by atoms with van der Waals surface area (Å²) in [5.74, 6) is 0.603. The van der Waals surface area contributed by atoms with Crippen molar-refractivity contribution in [1.29, 1.82) is 5.26 Å². The standard InChI is InChI=1S/C9H16N2O/c1-8(2)5-11-4-3-9(12,6-10)7-11/h8,12H,3-5,7H2,1-2H3. The maximum absolute atomic E-state index is 9.58. The molecule has 0 aromatic rings. The highest BCUT2D eigenvalue weighted by Crippen LogP contribution is 2.20. The van der Waals surface area contributed by atoms with E-state index in [4.69, 9.17) is 5.26 Å². The van der Waals surface area contributed by atoms with Crippen molar-refractivity contribution in [3.63, 3.8) is 0 Å². The van der Waals surface area contributed by atoms with Crippen molar-refractivity contribution in [3.05, 3.63) is 0 Å². The van der Waals surface area contributed by atoms with Gasteiger partial charge in [0.05, 0.1) is 6.07 Å². The second kappa shape index (κ2) is 3.42. The quantitative estimate of drug-likeness (QED) is 0.614. The van der Waals surface area contributed by atoms with Crippen LogP contribution < -0.4 is 0 Å². The Labute approximate surface area is 73.6 Å². The molecule has 1 N–H and O–H groups in total. The molecule has 0 saturated carbocycles. The Kier molecular flexibility index (Phi) is 2.71. The smallest absolute Gasteiger partial charge is 0.164 e. The van der Waals surface area contributed by atoms with Crippen LogP contribution in [0.2, 0.25) is 0 Å². The third kappa shape index (κ3) is 2.20. The summed E-state index contributed by atoms with van der Waals surface area (Å²) >= 11 is 0. The Balaban J connectivity index is 2.42. The lowest BCUT2D eigenvalue weighted by Gasteiger charge is -2.18. The summed E-state index contributed by atoms with van der Waals surface area (Å²) < 4.78 is 0. The molecule has 12 heavy (non-hydrogen) atoms. The number of nitrogens with zero attached hydrogens (tertiary/aromatic N) is 2. The van der Waals surface area contributed by atoms with Gasteiger partial charge in [0.25, 0.3) is 0 Å². The zero-order valence-corrected chi connectivity index (χ0v) is 7.75. The van der Waals surface area contributed by atoms with Crippen molar-refractivity contribution in [2.75, 3.05) is 19.6 Å². The van der Waals surface area contributed by atoms with Crippen molar-refractivity contribution in [1.82, 2.24) is 4.90 Å². The van der Waals surface area contributed by atoms with Crippen LogP contribution in [0.4, 0.5) is 0 Å². The molecule has 68 valence electrons. The predicted molar refractivity (Wildman–Crippen MR) is 46.5 cm³/mol.